The van der Waals surface area contributed by atoms with Crippen molar-refractivity contribution in [3.63, 3.8) is 0 Å². The van der Waals surface area contributed by atoms with Gasteiger partial charge in [-0.15, -0.1) is 0 Å². The molecule has 0 radical (unpaired) electrons. The lowest BCUT2D eigenvalue weighted by Gasteiger charge is -2.11. The van der Waals surface area contributed by atoms with Crippen molar-refractivity contribution in [2.24, 2.45) is 5.10 Å². The molecule has 0 unspecified atom stereocenters. The molecule has 1 heterocycles. The van der Waals surface area contributed by atoms with E-state index in [2.05, 4.69) is 10.5 Å². The smallest absolute Gasteiger partial charge is 0.307 e. The zero-order valence-electron chi connectivity index (χ0n) is 14.3. The van der Waals surface area contributed by atoms with E-state index in [-0.39, 0.29) is 5.76 Å². The Labute approximate surface area is 155 Å². The summed E-state index contributed by atoms with van der Waals surface area (Å²) in [4.78, 5) is 12.2. The lowest BCUT2D eigenvalue weighted by molar-refractivity contribution is 0.0929. The average Bonchev–Trinajstić information content (AvgIpc) is 3.08. The van der Waals surface area contributed by atoms with Gasteiger partial charge in [-0.1, -0.05) is 29.8 Å². The van der Waals surface area contributed by atoms with Crippen LogP contribution in [0.2, 0.25) is 5.02 Å². The van der Waals surface area contributed by atoms with Gasteiger partial charge in [-0.25, -0.2) is 5.43 Å². The first-order chi connectivity index (χ1) is 12.6. The highest BCUT2D eigenvalue weighted by Gasteiger charge is 2.12. The van der Waals surface area contributed by atoms with Crippen LogP contribution in [-0.2, 0) is 0 Å². The first kappa shape index (κ1) is 17.8. The molecular weight excluding hydrogens is 356 g/mol. The van der Waals surface area contributed by atoms with Crippen LogP contribution in [0.5, 0.6) is 11.5 Å². The Morgan fingerprint density at radius 3 is 2.81 bits per heavy atom. The summed E-state index contributed by atoms with van der Waals surface area (Å²) in [6.45, 7) is 2.35. The van der Waals surface area contributed by atoms with Crippen molar-refractivity contribution in [2.75, 3.05) is 13.7 Å². The van der Waals surface area contributed by atoms with E-state index in [0.717, 1.165) is 5.39 Å². The number of carbonyl (C=O) groups is 1. The Balaban J connectivity index is 1.75. The van der Waals surface area contributed by atoms with Crippen molar-refractivity contribution < 1.29 is 18.7 Å². The molecule has 1 aromatic heterocycles. The van der Waals surface area contributed by atoms with E-state index in [1.54, 1.807) is 24.3 Å². The summed E-state index contributed by atoms with van der Waals surface area (Å²) in [5.41, 5.74) is 3.65. The number of amides is 1. The van der Waals surface area contributed by atoms with Crippen LogP contribution < -0.4 is 14.9 Å². The molecule has 2 aromatic carbocycles. The van der Waals surface area contributed by atoms with Crippen LogP contribution in [0, 0.1) is 0 Å². The summed E-state index contributed by atoms with van der Waals surface area (Å²) in [6, 6.07) is 12.4. The Morgan fingerprint density at radius 2 is 2.08 bits per heavy atom. The zero-order chi connectivity index (χ0) is 18.5. The standard InChI is InChI=1S/C19H17ClN2O4/c1-3-25-17-9-13(14(20)10-16(17)24-2)11-21-22-19(23)18-8-12-6-4-5-7-15(12)26-18/h4-11H,3H2,1-2H3,(H,22,23)/b21-11+. The molecule has 3 rings (SSSR count). The van der Waals surface area contributed by atoms with E-state index in [0.29, 0.717) is 34.3 Å². The van der Waals surface area contributed by atoms with Gasteiger partial charge < -0.3 is 13.9 Å². The quantitative estimate of drug-likeness (QED) is 0.518. The van der Waals surface area contributed by atoms with Crippen molar-refractivity contribution in [3.8, 4) is 11.5 Å². The van der Waals surface area contributed by atoms with Gasteiger partial charge in [0.05, 0.1) is 25.0 Å². The number of nitrogens with zero attached hydrogens (tertiary/aromatic N) is 1. The molecule has 0 saturated heterocycles. The fraction of sp³-hybridized carbons (Fsp3) is 0.158. The van der Waals surface area contributed by atoms with Crippen molar-refractivity contribution in [2.45, 2.75) is 6.92 Å². The van der Waals surface area contributed by atoms with Crippen molar-refractivity contribution in [3.05, 3.63) is 58.8 Å². The molecule has 0 bridgehead atoms. The molecular formula is C19H17ClN2O4. The number of para-hydroxylation sites is 1. The molecule has 0 atom stereocenters. The van der Waals surface area contributed by atoms with Gasteiger partial charge in [-0.3, -0.25) is 4.79 Å². The lowest BCUT2D eigenvalue weighted by Crippen LogP contribution is -2.16. The number of hydrogen-bond acceptors (Lipinski definition) is 5. The average molecular weight is 373 g/mol. The van der Waals surface area contributed by atoms with Gasteiger partial charge in [-0.2, -0.15) is 5.10 Å². The summed E-state index contributed by atoms with van der Waals surface area (Å²) in [7, 11) is 1.54. The number of methoxy groups -OCH3 is 1. The summed E-state index contributed by atoms with van der Waals surface area (Å²) in [6.07, 6.45) is 1.44. The third kappa shape index (κ3) is 3.81. The van der Waals surface area contributed by atoms with E-state index < -0.39 is 5.91 Å². The predicted octanol–water partition coefficient (Wildman–Crippen LogP) is 4.26. The highest BCUT2D eigenvalue weighted by atomic mass is 35.5. The first-order valence-corrected chi connectivity index (χ1v) is 8.32. The lowest BCUT2D eigenvalue weighted by atomic mass is 10.2. The molecule has 26 heavy (non-hydrogen) atoms. The number of benzene rings is 2. The summed E-state index contributed by atoms with van der Waals surface area (Å²) in [5, 5.41) is 5.21. The van der Waals surface area contributed by atoms with Gasteiger partial charge in [0.25, 0.3) is 0 Å². The number of halogens is 1. The summed E-state index contributed by atoms with van der Waals surface area (Å²) >= 11 is 6.21. The Kier molecular flexibility index (Phi) is 5.43. The Bertz CT molecular complexity index is 932. The van der Waals surface area contributed by atoms with E-state index in [4.69, 9.17) is 25.5 Å². The minimum atomic E-state index is -0.452. The normalized spacial score (nSPS) is 11.0. The molecule has 6 nitrogen and oxygen atoms in total. The predicted molar refractivity (Wildman–Crippen MR) is 100 cm³/mol. The van der Waals surface area contributed by atoms with Gasteiger partial charge in [0.15, 0.2) is 17.3 Å². The topological polar surface area (TPSA) is 73.1 Å². The largest absolute Gasteiger partial charge is 0.493 e. The van der Waals surface area contributed by atoms with Gasteiger partial charge >= 0.3 is 5.91 Å². The van der Waals surface area contributed by atoms with Gasteiger partial charge in [0.1, 0.15) is 5.58 Å². The monoisotopic (exact) mass is 372 g/mol. The Hall–Kier alpha value is -2.99. The van der Waals surface area contributed by atoms with E-state index in [1.165, 1.54) is 13.3 Å². The molecule has 1 amide bonds. The minimum absolute atomic E-state index is 0.180. The number of fused-ring (bicyclic) bond motifs is 1. The number of hydrazone groups is 1. The van der Waals surface area contributed by atoms with Gasteiger partial charge in [0.2, 0.25) is 0 Å². The molecule has 7 heteroatoms. The second kappa shape index (κ2) is 7.93. The molecule has 0 spiro atoms. The molecule has 134 valence electrons. The second-order valence-electron chi connectivity index (χ2n) is 5.31. The number of ether oxygens (including phenoxy) is 2. The molecule has 0 aliphatic rings. The van der Waals surface area contributed by atoms with Crippen LogP contribution in [-0.4, -0.2) is 25.8 Å². The highest BCUT2D eigenvalue weighted by Crippen LogP contribution is 2.32. The molecule has 0 saturated carbocycles. The molecule has 1 N–H and O–H groups in total. The minimum Gasteiger partial charge on any atom is -0.493 e. The number of furan rings is 1. The van der Waals surface area contributed by atoms with Crippen LogP contribution in [0.1, 0.15) is 23.0 Å². The third-order valence-corrected chi connectivity index (χ3v) is 3.93. The number of hydrogen-bond donors (Lipinski definition) is 1. The number of rotatable bonds is 6. The van der Waals surface area contributed by atoms with E-state index >= 15 is 0 Å². The fourth-order valence-corrected chi connectivity index (χ4v) is 2.59. The van der Waals surface area contributed by atoms with Crippen molar-refractivity contribution in [1.82, 2.24) is 5.43 Å². The zero-order valence-corrected chi connectivity index (χ0v) is 15.0. The number of nitrogens with one attached hydrogen (secondary N) is 1. The SMILES string of the molecule is CCOc1cc(/C=N/NC(=O)c2cc3ccccc3o2)c(Cl)cc1OC. The Morgan fingerprint density at radius 1 is 1.27 bits per heavy atom. The first-order valence-electron chi connectivity index (χ1n) is 7.94. The third-order valence-electron chi connectivity index (χ3n) is 3.60. The van der Waals surface area contributed by atoms with Crippen LogP contribution in [0.3, 0.4) is 0 Å². The fourth-order valence-electron chi connectivity index (χ4n) is 2.39. The van der Waals surface area contributed by atoms with Crippen LogP contribution >= 0.6 is 11.6 Å². The summed E-state index contributed by atoms with van der Waals surface area (Å²) in [5.74, 6) is 0.802. The second-order valence-corrected chi connectivity index (χ2v) is 5.71. The van der Waals surface area contributed by atoms with Crippen molar-refractivity contribution >= 4 is 34.7 Å². The molecule has 0 aliphatic carbocycles. The molecule has 0 fully saturated rings. The van der Waals surface area contributed by atoms with Gasteiger partial charge in [0, 0.05) is 17.0 Å². The highest BCUT2D eigenvalue weighted by molar-refractivity contribution is 6.33. The molecule has 3 aromatic rings. The van der Waals surface area contributed by atoms with Crippen LogP contribution in [0.4, 0.5) is 0 Å². The number of carbonyl (C=O) groups excluding carboxylic acids is 1. The molecule has 0 aliphatic heterocycles. The maximum Gasteiger partial charge on any atom is 0.307 e. The van der Waals surface area contributed by atoms with Crippen molar-refractivity contribution in [1.29, 1.82) is 0 Å². The van der Waals surface area contributed by atoms with E-state index in [9.17, 15) is 4.79 Å². The maximum atomic E-state index is 12.2. The van der Waals surface area contributed by atoms with Gasteiger partial charge in [-0.05, 0) is 25.1 Å². The summed E-state index contributed by atoms with van der Waals surface area (Å²) < 4.78 is 16.2. The maximum absolute atomic E-state index is 12.2. The van der Waals surface area contributed by atoms with Crippen LogP contribution in [0.15, 0.2) is 52.0 Å². The van der Waals surface area contributed by atoms with Crippen LogP contribution in [0.25, 0.3) is 11.0 Å². The van der Waals surface area contributed by atoms with E-state index in [1.807, 2.05) is 25.1 Å².